The number of aromatic nitrogens is 4. The van der Waals surface area contributed by atoms with Gasteiger partial charge < -0.3 is 10.5 Å². The number of nitrogens with one attached hydrogen (secondary N) is 1. The van der Waals surface area contributed by atoms with Crippen LogP contribution in [0.2, 0.25) is 5.02 Å². The summed E-state index contributed by atoms with van der Waals surface area (Å²) < 4.78 is 4.61. The molecule has 100 valence electrons. The minimum atomic E-state index is -0.667. The maximum Gasteiger partial charge on any atom is 0.358 e. The molecule has 0 unspecified atom stereocenters. The summed E-state index contributed by atoms with van der Waals surface area (Å²) in [6.07, 6.45) is 0. The van der Waals surface area contributed by atoms with Crippen LogP contribution in [-0.4, -0.2) is 33.2 Å². The SMILES string of the molecule is COC(=O)c1nc(-c2c(C)n[nH]c2C)nc(N)c1Cl. The number of aryl methyl sites for hydroxylation is 2. The lowest BCUT2D eigenvalue weighted by atomic mass is 10.2. The lowest BCUT2D eigenvalue weighted by Gasteiger charge is -2.07. The van der Waals surface area contributed by atoms with Crippen LogP contribution in [0.15, 0.2) is 0 Å². The molecule has 0 atom stereocenters. The summed E-state index contributed by atoms with van der Waals surface area (Å²) >= 11 is 5.91. The molecule has 0 aliphatic rings. The third-order valence-corrected chi connectivity index (χ3v) is 2.98. The zero-order valence-electron chi connectivity index (χ0n) is 10.6. The first-order valence-electron chi connectivity index (χ1n) is 5.39. The normalized spacial score (nSPS) is 10.5. The molecule has 0 saturated heterocycles. The monoisotopic (exact) mass is 281 g/mol. The molecule has 8 heteroatoms. The van der Waals surface area contributed by atoms with Crippen LogP contribution in [-0.2, 0) is 4.74 Å². The lowest BCUT2D eigenvalue weighted by Crippen LogP contribution is -2.10. The molecular formula is C11H12ClN5O2. The Kier molecular flexibility index (Phi) is 3.39. The Labute approximate surface area is 114 Å². The summed E-state index contributed by atoms with van der Waals surface area (Å²) in [4.78, 5) is 19.8. The van der Waals surface area contributed by atoms with Gasteiger partial charge in [0.05, 0.1) is 18.4 Å². The van der Waals surface area contributed by atoms with E-state index in [0.29, 0.717) is 11.3 Å². The van der Waals surface area contributed by atoms with Crippen LogP contribution in [0, 0.1) is 13.8 Å². The van der Waals surface area contributed by atoms with Crippen molar-refractivity contribution in [3.63, 3.8) is 0 Å². The highest BCUT2D eigenvalue weighted by molar-refractivity contribution is 6.35. The Morgan fingerprint density at radius 2 is 2.05 bits per heavy atom. The van der Waals surface area contributed by atoms with Crippen LogP contribution in [0.3, 0.4) is 0 Å². The van der Waals surface area contributed by atoms with Gasteiger partial charge >= 0.3 is 5.97 Å². The first kappa shape index (κ1) is 13.3. The maximum absolute atomic E-state index is 11.6. The van der Waals surface area contributed by atoms with Gasteiger partial charge in [0, 0.05) is 5.69 Å². The molecule has 0 saturated carbocycles. The fraction of sp³-hybridized carbons (Fsp3) is 0.273. The molecule has 19 heavy (non-hydrogen) atoms. The Hall–Kier alpha value is -2.15. The Bertz CT molecular complexity index is 633. The molecule has 0 aromatic carbocycles. The van der Waals surface area contributed by atoms with Gasteiger partial charge in [-0.3, -0.25) is 5.10 Å². The van der Waals surface area contributed by atoms with E-state index in [9.17, 15) is 4.79 Å². The van der Waals surface area contributed by atoms with E-state index in [4.69, 9.17) is 17.3 Å². The van der Waals surface area contributed by atoms with Crippen LogP contribution in [0.25, 0.3) is 11.4 Å². The number of hydrogen-bond donors (Lipinski definition) is 2. The molecule has 2 rings (SSSR count). The number of esters is 1. The van der Waals surface area contributed by atoms with Gasteiger partial charge in [-0.15, -0.1) is 0 Å². The van der Waals surface area contributed by atoms with Gasteiger partial charge in [-0.1, -0.05) is 11.6 Å². The molecule has 2 aromatic rings. The van der Waals surface area contributed by atoms with Gasteiger partial charge in [0.2, 0.25) is 0 Å². The highest BCUT2D eigenvalue weighted by Crippen LogP contribution is 2.27. The zero-order chi connectivity index (χ0) is 14.2. The van der Waals surface area contributed by atoms with Crippen molar-refractivity contribution >= 4 is 23.4 Å². The second kappa shape index (κ2) is 4.85. The van der Waals surface area contributed by atoms with Crippen LogP contribution in [0.1, 0.15) is 21.9 Å². The van der Waals surface area contributed by atoms with Gasteiger partial charge in [-0.25, -0.2) is 14.8 Å². The number of carbonyl (C=O) groups excluding carboxylic acids is 1. The second-order valence-corrected chi connectivity index (χ2v) is 4.27. The second-order valence-electron chi connectivity index (χ2n) is 3.90. The van der Waals surface area contributed by atoms with Gasteiger partial charge in [0.25, 0.3) is 0 Å². The highest BCUT2D eigenvalue weighted by atomic mass is 35.5. The number of methoxy groups -OCH3 is 1. The zero-order valence-corrected chi connectivity index (χ0v) is 11.4. The van der Waals surface area contributed by atoms with Crippen molar-refractivity contribution in [2.45, 2.75) is 13.8 Å². The minimum absolute atomic E-state index is 0.0191. The van der Waals surface area contributed by atoms with E-state index < -0.39 is 5.97 Å². The number of nitrogens with two attached hydrogens (primary N) is 1. The number of H-pyrrole nitrogens is 1. The summed E-state index contributed by atoms with van der Waals surface area (Å²) in [5.74, 6) is -0.364. The smallest absolute Gasteiger partial charge is 0.358 e. The summed E-state index contributed by atoms with van der Waals surface area (Å²) in [7, 11) is 1.24. The highest BCUT2D eigenvalue weighted by Gasteiger charge is 2.21. The van der Waals surface area contributed by atoms with Crippen molar-refractivity contribution in [2.24, 2.45) is 0 Å². The van der Waals surface area contributed by atoms with Crippen molar-refractivity contribution in [1.82, 2.24) is 20.2 Å². The molecular weight excluding hydrogens is 270 g/mol. The molecule has 0 bridgehead atoms. The summed E-state index contributed by atoms with van der Waals surface area (Å²) in [6.45, 7) is 3.62. The molecule has 0 fully saturated rings. The largest absolute Gasteiger partial charge is 0.464 e. The Morgan fingerprint density at radius 1 is 1.37 bits per heavy atom. The first-order valence-corrected chi connectivity index (χ1v) is 5.76. The number of anilines is 1. The molecule has 3 N–H and O–H groups in total. The number of nitrogens with zero attached hydrogens (tertiary/aromatic N) is 3. The van der Waals surface area contributed by atoms with Crippen LogP contribution < -0.4 is 5.73 Å². The predicted molar refractivity (Wildman–Crippen MR) is 69.8 cm³/mol. The van der Waals surface area contributed by atoms with Gasteiger partial charge in [0.15, 0.2) is 11.5 Å². The topological polar surface area (TPSA) is 107 Å². The molecule has 2 aromatic heterocycles. The molecule has 0 aliphatic heterocycles. The van der Waals surface area contributed by atoms with Crippen LogP contribution >= 0.6 is 11.6 Å². The third kappa shape index (κ3) is 2.24. The van der Waals surface area contributed by atoms with Crippen molar-refractivity contribution in [3.05, 3.63) is 22.1 Å². The van der Waals surface area contributed by atoms with E-state index in [1.54, 1.807) is 6.92 Å². The lowest BCUT2D eigenvalue weighted by molar-refractivity contribution is 0.0594. The van der Waals surface area contributed by atoms with Crippen LogP contribution in [0.4, 0.5) is 5.82 Å². The van der Waals surface area contributed by atoms with Gasteiger partial charge in [-0.2, -0.15) is 5.10 Å². The average molecular weight is 282 g/mol. The van der Waals surface area contributed by atoms with Gasteiger partial charge in [-0.05, 0) is 13.8 Å². The summed E-state index contributed by atoms with van der Waals surface area (Å²) in [5.41, 5.74) is 7.80. The van der Waals surface area contributed by atoms with E-state index in [1.807, 2.05) is 6.92 Å². The minimum Gasteiger partial charge on any atom is -0.464 e. The standard InChI is InChI=1S/C11H12ClN5O2/c1-4-6(5(2)17-16-4)10-14-8(11(18)19-3)7(12)9(13)15-10/h1-3H3,(H,16,17)(H2,13,14,15). The Balaban J connectivity index is 2.67. The number of rotatable bonds is 2. The molecule has 7 nitrogen and oxygen atoms in total. The summed E-state index contributed by atoms with van der Waals surface area (Å²) in [6, 6.07) is 0. The van der Waals surface area contributed by atoms with E-state index in [1.165, 1.54) is 7.11 Å². The van der Waals surface area contributed by atoms with Gasteiger partial charge in [0.1, 0.15) is 10.8 Å². The maximum atomic E-state index is 11.6. The Morgan fingerprint density at radius 3 is 2.58 bits per heavy atom. The van der Waals surface area contributed by atoms with Crippen molar-refractivity contribution in [3.8, 4) is 11.4 Å². The first-order chi connectivity index (χ1) is 8.95. The van der Waals surface area contributed by atoms with E-state index >= 15 is 0 Å². The van der Waals surface area contributed by atoms with E-state index in [0.717, 1.165) is 5.69 Å². The van der Waals surface area contributed by atoms with Crippen molar-refractivity contribution < 1.29 is 9.53 Å². The third-order valence-electron chi connectivity index (χ3n) is 2.61. The van der Waals surface area contributed by atoms with Crippen molar-refractivity contribution in [2.75, 3.05) is 12.8 Å². The predicted octanol–water partition coefficient (Wildman–Crippen LogP) is 1.51. The van der Waals surface area contributed by atoms with E-state index in [2.05, 4.69) is 24.9 Å². The number of carbonyl (C=O) groups is 1. The number of hydrogen-bond acceptors (Lipinski definition) is 6. The number of ether oxygens (including phenoxy) is 1. The number of aromatic amines is 1. The molecule has 0 spiro atoms. The van der Waals surface area contributed by atoms with Crippen molar-refractivity contribution in [1.29, 1.82) is 0 Å². The number of halogens is 1. The fourth-order valence-corrected chi connectivity index (χ4v) is 1.85. The van der Waals surface area contributed by atoms with Crippen LogP contribution in [0.5, 0.6) is 0 Å². The quantitative estimate of drug-likeness (QED) is 0.808. The molecule has 2 heterocycles. The molecule has 0 aliphatic carbocycles. The molecule has 0 amide bonds. The fourth-order valence-electron chi connectivity index (χ4n) is 1.69. The average Bonchev–Trinajstić information content (AvgIpc) is 2.71. The summed E-state index contributed by atoms with van der Waals surface area (Å²) in [5, 5.41) is 6.84. The van der Waals surface area contributed by atoms with E-state index in [-0.39, 0.29) is 22.4 Å². The molecule has 0 radical (unpaired) electrons. The number of nitrogen functional groups attached to an aromatic ring is 1.